The van der Waals surface area contributed by atoms with Gasteiger partial charge in [-0.1, -0.05) is 72.8 Å². The molecular formula is C24H22-2. The third-order valence-corrected chi connectivity index (χ3v) is 3.18. The van der Waals surface area contributed by atoms with Crippen molar-refractivity contribution in [2.45, 2.75) is 0 Å². The zero-order chi connectivity index (χ0) is 16.7. The van der Waals surface area contributed by atoms with Gasteiger partial charge < -0.3 is 0 Å². The van der Waals surface area contributed by atoms with Crippen molar-refractivity contribution in [1.29, 1.82) is 0 Å². The van der Waals surface area contributed by atoms with Crippen LogP contribution in [0.4, 0.5) is 0 Å². The lowest BCUT2D eigenvalue weighted by molar-refractivity contribution is 1.65. The Labute approximate surface area is 145 Å². The molecule has 2 rings (SSSR count). The Morgan fingerprint density at radius 2 is 0.875 bits per heavy atom. The lowest BCUT2D eigenvalue weighted by atomic mass is 10.2. The molecule has 0 radical (unpaired) electrons. The monoisotopic (exact) mass is 310 g/mol. The Morgan fingerprint density at radius 3 is 1.29 bits per heavy atom. The van der Waals surface area contributed by atoms with E-state index in [4.69, 9.17) is 0 Å². The molecule has 0 atom stereocenters. The second-order valence-electron chi connectivity index (χ2n) is 5.08. The zero-order valence-corrected chi connectivity index (χ0v) is 13.7. The molecule has 2 aromatic carbocycles. The van der Waals surface area contributed by atoms with Gasteiger partial charge in [0.25, 0.3) is 0 Å². The average Bonchev–Trinajstić information content (AvgIpc) is 2.64. The summed E-state index contributed by atoms with van der Waals surface area (Å²) in [4.78, 5) is 0. The average molecular weight is 310 g/mol. The molecular weight excluding hydrogens is 288 g/mol. The molecule has 0 heteroatoms. The largest absolute Gasteiger partial charge is 0.269 e. The SMILES string of the molecule is C(/C=C/c1ccccc1)=C\[CH-]/C=C/[CH-]/C=C/C=C/c1ccccc1. The van der Waals surface area contributed by atoms with E-state index >= 15 is 0 Å². The Kier molecular flexibility index (Phi) is 8.22. The van der Waals surface area contributed by atoms with Crippen molar-refractivity contribution in [2.75, 3.05) is 0 Å². The van der Waals surface area contributed by atoms with E-state index in [1.807, 2.05) is 97.8 Å². The van der Waals surface area contributed by atoms with E-state index in [1.165, 1.54) is 11.1 Å². The summed E-state index contributed by atoms with van der Waals surface area (Å²) in [5.74, 6) is 0. The van der Waals surface area contributed by atoms with Crippen LogP contribution in [0.15, 0.2) is 109 Å². The molecule has 0 N–H and O–H groups in total. The van der Waals surface area contributed by atoms with Crippen molar-refractivity contribution in [3.05, 3.63) is 133 Å². The first-order chi connectivity index (χ1) is 11.9. The van der Waals surface area contributed by atoms with Gasteiger partial charge in [-0.2, -0.15) is 24.3 Å². The summed E-state index contributed by atoms with van der Waals surface area (Å²) in [5, 5.41) is 0. The Hall–Kier alpha value is -3.12. The fourth-order valence-corrected chi connectivity index (χ4v) is 1.97. The van der Waals surface area contributed by atoms with Crippen molar-refractivity contribution in [2.24, 2.45) is 0 Å². The molecule has 24 heavy (non-hydrogen) atoms. The summed E-state index contributed by atoms with van der Waals surface area (Å²) in [6.45, 7) is 0. The van der Waals surface area contributed by atoms with Gasteiger partial charge in [-0.25, -0.2) is 12.8 Å². The predicted molar refractivity (Wildman–Crippen MR) is 107 cm³/mol. The van der Waals surface area contributed by atoms with Crippen molar-refractivity contribution in [1.82, 2.24) is 0 Å². The molecule has 0 spiro atoms. The molecule has 0 amide bonds. The van der Waals surface area contributed by atoms with E-state index in [-0.39, 0.29) is 0 Å². The van der Waals surface area contributed by atoms with Crippen LogP contribution in [0.3, 0.4) is 0 Å². The van der Waals surface area contributed by atoms with Crippen LogP contribution in [0.1, 0.15) is 11.1 Å². The van der Waals surface area contributed by atoms with Crippen LogP contribution in [0.5, 0.6) is 0 Å². The Morgan fingerprint density at radius 1 is 0.458 bits per heavy atom. The highest BCUT2D eigenvalue weighted by Crippen LogP contribution is 2.02. The van der Waals surface area contributed by atoms with Crippen LogP contribution in [-0.4, -0.2) is 0 Å². The van der Waals surface area contributed by atoms with Crippen LogP contribution in [0.2, 0.25) is 0 Å². The number of hydrogen-bond acceptors (Lipinski definition) is 0. The van der Waals surface area contributed by atoms with Gasteiger partial charge in [-0.15, -0.1) is 12.2 Å². The van der Waals surface area contributed by atoms with Gasteiger partial charge >= 0.3 is 0 Å². The lowest BCUT2D eigenvalue weighted by Crippen LogP contribution is -1.67. The van der Waals surface area contributed by atoms with Crippen molar-refractivity contribution >= 4 is 12.2 Å². The molecule has 2 aromatic rings. The molecule has 120 valence electrons. The molecule has 0 saturated heterocycles. The minimum Gasteiger partial charge on any atom is -0.269 e. The first-order valence-electron chi connectivity index (χ1n) is 8.07. The van der Waals surface area contributed by atoms with Gasteiger partial charge in [0.05, 0.1) is 0 Å². The van der Waals surface area contributed by atoms with Crippen molar-refractivity contribution in [3.63, 3.8) is 0 Å². The molecule has 0 aliphatic carbocycles. The Bertz CT molecular complexity index is 635. The molecule has 0 heterocycles. The minimum atomic E-state index is 1.21. The first kappa shape index (κ1) is 17.2. The molecule has 0 nitrogen and oxygen atoms in total. The second kappa shape index (κ2) is 11.4. The third kappa shape index (κ3) is 7.77. The second-order valence-corrected chi connectivity index (χ2v) is 5.08. The summed E-state index contributed by atoms with van der Waals surface area (Å²) < 4.78 is 0. The zero-order valence-electron chi connectivity index (χ0n) is 13.7. The Balaban J connectivity index is 1.59. The maximum absolute atomic E-state index is 2.09. The third-order valence-electron chi connectivity index (χ3n) is 3.18. The number of benzene rings is 2. The highest BCUT2D eigenvalue weighted by molar-refractivity contribution is 5.51. The molecule has 0 fully saturated rings. The highest BCUT2D eigenvalue weighted by atomic mass is 13.9. The van der Waals surface area contributed by atoms with E-state index in [1.54, 1.807) is 0 Å². The van der Waals surface area contributed by atoms with Crippen molar-refractivity contribution < 1.29 is 0 Å². The van der Waals surface area contributed by atoms with E-state index in [2.05, 4.69) is 36.4 Å². The van der Waals surface area contributed by atoms with Gasteiger partial charge in [0, 0.05) is 0 Å². The summed E-state index contributed by atoms with van der Waals surface area (Å²) in [5.41, 5.74) is 2.42. The first-order valence-corrected chi connectivity index (χ1v) is 8.07. The number of allylic oxidation sites excluding steroid dienone is 8. The fraction of sp³-hybridized carbons (Fsp3) is 0. The van der Waals surface area contributed by atoms with E-state index in [0.717, 1.165) is 0 Å². The van der Waals surface area contributed by atoms with Gasteiger partial charge in [0.15, 0.2) is 0 Å². The maximum Gasteiger partial charge on any atom is -0.0267 e. The fourth-order valence-electron chi connectivity index (χ4n) is 1.97. The van der Waals surface area contributed by atoms with Gasteiger partial charge in [-0.3, -0.25) is 12.2 Å². The molecule has 0 saturated carbocycles. The van der Waals surface area contributed by atoms with Crippen LogP contribution in [0.25, 0.3) is 12.2 Å². The van der Waals surface area contributed by atoms with Gasteiger partial charge in [-0.05, 0) is 11.1 Å². The topological polar surface area (TPSA) is 0 Å². The van der Waals surface area contributed by atoms with Gasteiger partial charge in [0.1, 0.15) is 0 Å². The van der Waals surface area contributed by atoms with Crippen LogP contribution >= 0.6 is 0 Å². The normalized spacial score (nSPS) is 12.2. The van der Waals surface area contributed by atoms with E-state index in [9.17, 15) is 0 Å². The molecule has 0 aliphatic rings. The molecule has 0 bridgehead atoms. The molecule has 0 aromatic heterocycles. The minimum absolute atomic E-state index is 1.21. The standard InChI is InChI=1S/C24H22/c1(3-5-7-11-17-23-19-13-9-14-20-23)2-4-6-8-12-18-24-21-15-10-16-22-24/h1-22H/q-2/b2-1+,7-5+,8-6+,17-11+,18-12+. The number of hydrogen-bond donors (Lipinski definition) is 0. The number of rotatable bonds is 8. The van der Waals surface area contributed by atoms with E-state index < -0.39 is 0 Å². The van der Waals surface area contributed by atoms with Gasteiger partial charge in [0.2, 0.25) is 0 Å². The van der Waals surface area contributed by atoms with Crippen LogP contribution in [0, 0.1) is 12.8 Å². The maximum atomic E-state index is 2.09. The summed E-state index contributed by atoms with van der Waals surface area (Å²) in [7, 11) is 0. The van der Waals surface area contributed by atoms with E-state index in [0.29, 0.717) is 0 Å². The highest BCUT2D eigenvalue weighted by Gasteiger charge is 1.78. The van der Waals surface area contributed by atoms with Crippen LogP contribution in [-0.2, 0) is 0 Å². The smallest absolute Gasteiger partial charge is 0.0267 e. The van der Waals surface area contributed by atoms with Crippen molar-refractivity contribution in [3.8, 4) is 0 Å². The summed E-state index contributed by atoms with van der Waals surface area (Å²) >= 11 is 0. The summed E-state index contributed by atoms with van der Waals surface area (Å²) in [6, 6.07) is 20.5. The predicted octanol–water partition coefficient (Wildman–Crippen LogP) is 6.49. The quantitative estimate of drug-likeness (QED) is 0.386. The van der Waals surface area contributed by atoms with Crippen LogP contribution < -0.4 is 0 Å². The summed E-state index contributed by atoms with van der Waals surface area (Å²) in [6.07, 6.45) is 24.4. The molecule has 0 unspecified atom stereocenters. The molecule has 0 aliphatic heterocycles. The lowest BCUT2D eigenvalue weighted by Gasteiger charge is -1.98.